The number of hydrogen-bond acceptors (Lipinski definition) is 5. The lowest BCUT2D eigenvalue weighted by Crippen LogP contribution is -2.21. The molecule has 0 amide bonds. The lowest BCUT2D eigenvalue weighted by molar-refractivity contribution is -0.138. The lowest BCUT2D eigenvalue weighted by Gasteiger charge is -2.18. The predicted octanol–water partition coefficient (Wildman–Crippen LogP) is 1.80. The Morgan fingerprint density at radius 2 is 2.10 bits per heavy atom. The van der Waals surface area contributed by atoms with Gasteiger partial charge in [-0.15, -0.1) is 12.4 Å². The molecule has 6 nitrogen and oxygen atoms in total. The molecule has 1 aromatic carbocycles. The van der Waals surface area contributed by atoms with Crippen LogP contribution < -0.4 is 10.6 Å². The average molecular weight is 293 g/mol. The molecule has 0 bridgehead atoms. The molecule has 0 aliphatic carbocycles. The summed E-state index contributed by atoms with van der Waals surface area (Å²) in [5.41, 5.74) is 7.23. The maximum atomic E-state index is 11.3. The van der Waals surface area contributed by atoms with Crippen LogP contribution in [0.4, 0.5) is 17.5 Å². The van der Waals surface area contributed by atoms with Gasteiger partial charge in [0.2, 0.25) is 5.95 Å². The second kappa shape index (κ2) is 5.34. The second-order valence-corrected chi connectivity index (χ2v) is 4.33. The number of aliphatic carboxylic acids is 1. The van der Waals surface area contributed by atoms with Crippen LogP contribution in [0, 0.1) is 0 Å². The molecule has 2 heterocycles. The van der Waals surface area contributed by atoms with Crippen molar-refractivity contribution in [2.45, 2.75) is 5.92 Å². The average Bonchev–Trinajstić information content (AvgIpc) is 2.78. The van der Waals surface area contributed by atoms with E-state index >= 15 is 0 Å². The van der Waals surface area contributed by atoms with Gasteiger partial charge in [-0.3, -0.25) is 4.79 Å². The molecule has 20 heavy (non-hydrogen) atoms. The normalized spacial score (nSPS) is 16.4. The minimum absolute atomic E-state index is 0. The number of carbonyl (C=O) groups is 1. The highest BCUT2D eigenvalue weighted by Crippen LogP contribution is 2.40. The number of fused-ring (bicyclic) bond motifs is 1. The summed E-state index contributed by atoms with van der Waals surface area (Å²) < 4.78 is 0. The van der Waals surface area contributed by atoms with E-state index in [0.717, 1.165) is 11.3 Å². The van der Waals surface area contributed by atoms with Crippen LogP contribution >= 0.6 is 12.4 Å². The Balaban J connectivity index is 0.00000147. The molecule has 0 saturated heterocycles. The number of anilines is 3. The van der Waals surface area contributed by atoms with Crippen molar-refractivity contribution >= 4 is 35.8 Å². The molecule has 3 N–H and O–H groups in total. The SMILES string of the molecule is Cl.Nc1nccc(N2CC(C(=O)O)c3ccccc32)n1. The van der Waals surface area contributed by atoms with Crippen molar-refractivity contribution in [3.05, 3.63) is 42.1 Å². The van der Waals surface area contributed by atoms with E-state index in [1.54, 1.807) is 12.3 Å². The summed E-state index contributed by atoms with van der Waals surface area (Å²) >= 11 is 0. The van der Waals surface area contributed by atoms with Crippen LogP contribution in [-0.2, 0) is 4.79 Å². The van der Waals surface area contributed by atoms with Crippen LogP contribution in [0.5, 0.6) is 0 Å². The van der Waals surface area contributed by atoms with Gasteiger partial charge >= 0.3 is 5.97 Å². The molecule has 0 spiro atoms. The quantitative estimate of drug-likeness (QED) is 0.877. The fourth-order valence-corrected chi connectivity index (χ4v) is 2.35. The molecule has 1 aliphatic rings. The first-order valence-corrected chi connectivity index (χ1v) is 5.84. The maximum absolute atomic E-state index is 11.3. The molecule has 0 fully saturated rings. The summed E-state index contributed by atoms with van der Waals surface area (Å²) in [5.74, 6) is -0.596. The number of carboxylic acids is 1. The van der Waals surface area contributed by atoms with Crippen molar-refractivity contribution < 1.29 is 9.90 Å². The Kier molecular flexibility index (Phi) is 3.76. The maximum Gasteiger partial charge on any atom is 0.312 e. The van der Waals surface area contributed by atoms with Gasteiger partial charge in [0.1, 0.15) is 11.7 Å². The number of nitrogen functional groups attached to an aromatic ring is 1. The van der Waals surface area contributed by atoms with E-state index in [1.807, 2.05) is 29.2 Å². The van der Waals surface area contributed by atoms with E-state index in [4.69, 9.17) is 5.73 Å². The number of nitrogens with two attached hydrogens (primary N) is 1. The van der Waals surface area contributed by atoms with Crippen LogP contribution in [0.15, 0.2) is 36.5 Å². The van der Waals surface area contributed by atoms with E-state index in [-0.39, 0.29) is 18.4 Å². The van der Waals surface area contributed by atoms with Gasteiger partial charge in [-0.25, -0.2) is 4.98 Å². The highest BCUT2D eigenvalue weighted by molar-refractivity contribution is 5.85. The third-order valence-corrected chi connectivity index (χ3v) is 3.20. The van der Waals surface area contributed by atoms with E-state index in [0.29, 0.717) is 12.4 Å². The molecule has 0 saturated carbocycles. The fraction of sp³-hybridized carbons (Fsp3) is 0.154. The third-order valence-electron chi connectivity index (χ3n) is 3.20. The summed E-state index contributed by atoms with van der Waals surface area (Å²) in [7, 11) is 0. The van der Waals surface area contributed by atoms with Crippen LogP contribution in [0.3, 0.4) is 0 Å². The summed E-state index contributed by atoms with van der Waals surface area (Å²) in [6, 6.07) is 9.15. The molecule has 1 atom stereocenters. The van der Waals surface area contributed by atoms with Crippen molar-refractivity contribution in [3.63, 3.8) is 0 Å². The summed E-state index contributed by atoms with van der Waals surface area (Å²) in [6.45, 7) is 0.352. The molecule has 1 aliphatic heterocycles. The van der Waals surface area contributed by atoms with Gasteiger partial charge in [0.15, 0.2) is 0 Å². The van der Waals surface area contributed by atoms with E-state index in [9.17, 15) is 9.90 Å². The molecular weight excluding hydrogens is 280 g/mol. The number of aromatic nitrogens is 2. The minimum atomic E-state index is -0.836. The van der Waals surface area contributed by atoms with Gasteiger partial charge in [-0.1, -0.05) is 18.2 Å². The second-order valence-electron chi connectivity index (χ2n) is 4.33. The van der Waals surface area contributed by atoms with E-state index < -0.39 is 11.9 Å². The van der Waals surface area contributed by atoms with Gasteiger partial charge in [0.05, 0.1) is 0 Å². The largest absolute Gasteiger partial charge is 0.481 e. The van der Waals surface area contributed by atoms with Gasteiger partial charge in [0, 0.05) is 18.4 Å². The Morgan fingerprint density at radius 3 is 2.80 bits per heavy atom. The Bertz CT molecular complexity index is 650. The monoisotopic (exact) mass is 292 g/mol. The van der Waals surface area contributed by atoms with Crippen molar-refractivity contribution in [2.75, 3.05) is 17.2 Å². The van der Waals surface area contributed by atoms with Crippen LogP contribution in [-0.4, -0.2) is 27.6 Å². The molecule has 2 aromatic rings. The molecule has 0 radical (unpaired) electrons. The first-order valence-electron chi connectivity index (χ1n) is 5.84. The Morgan fingerprint density at radius 1 is 1.35 bits per heavy atom. The van der Waals surface area contributed by atoms with Gasteiger partial charge in [-0.2, -0.15) is 4.98 Å². The molecular formula is C13H13ClN4O2. The third kappa shape index (κ3) is 2.25. The number of carboxylic acid groups (broad SMARTS) is 1. The topological polar surface area (TPSA) is 92.3 Å². The van der Waals surface area contributed by atoms with Gasteiger partial charge < -0.3 is 15.7 Å². The van der Waals surface area contributed by atoms with Crippen LogP contribution in [0.2, 0.25) is 0 Å². The number of nitrogens with zero attached hydrogens (tertiary/aromatic N) is 3. The zero-order chi connectivity index (χ0) is 13.4. The Hall–Kier alpha value is -2.34. The van der Waals surface area contributed by atoms with Crippen molar-refractivity contribution in [3.8, 4) is 0 Å². The van der Waals surface area contributed by atoms with Crippen LogP contribution in [0.1, 0.15) is 11.5 Å². The minimum Gasteiger partial charge on any atom is -0.481 e. The van der Waals surface area contributed by atoms with Crippen molar-refractivity contribution in [2.24, 2.45) is 0 Å². The molecule has 1 unspecified atom stereocenters. The molecule has 7 heteroatoms. The fourth-order valence-electron chi connectivity index (χ4n) is 2.35. The van der Waals surface area contributed by atoms with Crippen LogP contribution in [0.25, 0.3) is 0 Å². The summed E-state index contributed by atoms with van der Waals surface area (Å²) in [4.78, 5) is 21.2. The number of rotatable bonds is 2. The number of halogens is 1. The van der Waals surface area contributed by atoms with E-state index in [1.165, 1.54) is 0 Å². The summed E-state index contributed by atoms with van der Waals surface area (Å²) in [5, 5.41) is 9.30. The number of para-hydroxylation sites is 1. The van der Waals surface area contributed by atoms with Crippen molar-refractivity contribution in [1.82, 2.24) is 9.97 Å². The first kappa shape index (κ1) is 14.1. The highest BCUT2D eigenvalue weighted by Gasteiger charge is 2.34. The predicted molar refractivity (Wildman–Crippen MR) is 77.5 cm³/mol. The molecule has 104 valence electrons. The zero-order valence-corrected chi connectivity index (χ0v) is 11.2. The standard InChI is InChI=1S/C13H12N4O2.ClH/c14-13-15-6-5-11(16-13)17-7-9(12(18)19)8-3-1-2-4-10(8)17;/h1-6,9H,7H2,(H,18,19)(H2,14,15,16);1H. The van der Waals surface area contributed by atoms with E-state index in [2.05, 4.69) is 9.97 Å². The number of hydrogen-bond donors (Lipinski definition) is 2. The van der Waals surface area contributed by atoms with Gasteiger partial charge in [-0.05, 0) is 17.7 Å². The first-order chi connectivity index (χ1) is 9.16. The summed E-state index contributed by atoms with van der Waals surface area (Å²) in [6.07, 6.45) is 1.56. The smallest absolute Gasteiger partial charge is 0.312 e. The number of benzene rings is 1. The molecule has 3 rings (SSSR count). The van der Waals surface area contributed by atoms with Crippen molar-refractivity contribution in [1.29, 1.82) is 0 Å². The van der Waals surface area contributed by atoms with Gasteiger partial charge in [0.25, 0.3) is 0 Å². The lowest BCUT2D eigenvalue weighted by atomic mass is 10.0. The highest BCUT2D eigenvalue weighted by atomic mass is 35.5. The molecule has 1 aromatic heterocycles. The zero-order valence-electron chi connectivity index (χ0n) is 10.4. The Labute approximate surface area is 121 Å².